The molecule has 2 nitrogen and oxygen atoms in total. The Bertz CT molecular complexity index is 499. The van der Waals surface area contributed by atoms with Crippen molar-refractivity contribution < 1.29 is 8.42 Å². The quantitative estimate of drug-likeness (QED) is 0.741. The Kier molecular flexibility index (Phi) is 5.28. The minimum Gasteiger partial charge on any atom is -0.195 e. The van der Waals surface area contributed by atoms with E-state index in [0.717, 1.165) is 0 Å². The molecule has 2 aromatic rings. The standard InChI is InChI=1S/C10H8S.Cl2O2S/c1-2-4-9(5-3-1)10-6-7-11-8-10;1-5(2,3)4/h1-8H;. The van der Waals surface area contributed by atoms with Gasteiger partial charge in [0, 0.05) is 21.4 Å². The van der Waals surface area contributed by atoms with Crippen LogP contribution in [0.1, 0.15) is 0 Å². The predicted molar refractivity (Wildman–Crippen MR) is 70.4 cm³/mol. The Balaban J connectivity index is 0.000000221. The van der Waals surface area contributed by atoms with Crippen molar-refractivity contribution in [2.75, 3.05) is 0 Å². The van der Waals surface area contributed by atoms with Crippen molar-refractivity contribution in [3.8, 4) is 11.1 Å². The summed E-state index contributed by atoms with van der Waals surface area (Å²) in [6.07, 6.45) is 0. The monoisotopic (exact) mass is 294 g/mol. The second-order valence-electron chi connectivity index (χ2n) is 2.76. The number of hydrogen-bond donors (Lipinski definition) is 0. The Morgan fingerprint density at radius 2 is 1.50 bits per heavy atom. The van der Waals surface area contributed by atoms with E-state index < -0.39 is 8.26 Å². The summed E-state index contributed by atoms with van der Waals surface area (Å²) in [5, 5.41) is 4.26. The van der Waals surface area contributed by atoms with Crippen LogP contribution in [0.25, 0.3) is 11.1 Å². The van der Waals surface area contributed by atoms with Crippen LogP contribution >= 0.6 is 32.7 Å². The van der Waals surface area contributed by atoms with Crippen molar-refractivity contribution in [2.45, 2.75) is 0 Å². The zero-order valence-corrected chi connectivity index (χ0v) is 11.2. The molecule has 6 heteroatoms. The number of halogens is 2. The van der Waals surface area contributed by atoms with E-state index in [-0.39, 0.29) is 0 Å². The number of hydrogen-bond acceptors (Lipinski definition) is 3. The topological polar surface area (TPSA) is 34.1 Å². The molecular weight excluding hydrogens is 287 g/mol. The fourth-order valence-corrected chi connectivity index (χ4v) is 1.72. The second kappa shape index (κ2) is 6.25. The van der Waals surface area contributed by atoms with Gasteiger partial charge in [-0.1, -0.05) is 30.3 Å². The molecule has 1 aromatic carbocycles. The molecule has 0 amide bonds. The summed E-state index contributed by atoms with van der Waals surface area (Å²) in [6.45, 7) is 0. The number of thiophene rings is 1. The molecule has 0 aliphatic rings. The molecule has 86 valence electrons. The SMILES string of the molecule is O=S(=O)(Cl)Cl.c1ccc(-c2ccsc2)cc1. The molecule has 0 spiro atoms. The fourth-order valence-electron chi connectivity index (χ4n) is 1.06. The van der Waals surface area contributed by atoms with Gasteiger partial charge in [0.25, 0.3) is 0 Å². The third-order valence-electron chi connectivity index (χ3n) is 1.63. The van der Waals surface area contributed by atoms with Crippen LogP contribution in [-0.4, -0.2) is 8.42 Å². The molecule has 0 aliphatic carbocycles. The minimum atomic E-state index is -3.72. The van der Waals surface area contributed by atoms with Crippen molar-refractivity contribution in [3.63, 3.8) is 0 Å². The van der Waals surface area contributed by atoms with Crippen molar-refractivity contribution in [2.24, 2.45) is 0 Å². The molecule has 0 unspecified atom stereocenters. The molecule has 0 bridgehead atoms. The lowest BCUT2D eigenvalue weighted by molar-refractivity contribution is 0.621. The molecule has 0 saturated heterocycles. The molecule has 1 heterocycles. The lowest BCUT2D eigenvalue weighted by Gasteiger charge is -1.93. The van der Waals surface area contributed by atoms with Crippen LogP contribution in [0.4, 0.5) is 0 Å². The van der Waals surface area contributed by atoms with Gasteiger partial charge in [-0.3, -0.25) is 0 Å². The van der Waals surface area contributed by atoms with Gasteiger partial charge in [-0.2, -0.15) is 19.8 Å². The highest BCUT2D eigenvalue weighted by Crippen LogP contribution is 2.20. The Labute approximate surface area is 107 Å². The van der Waals surface area contributed by atoms with Crippen LogP contribution in [0, 0.1) is 0 Å². The average Bonchev–Trinajstić information content (AvgIpc) is 2.69. The summed E-state index contributed by atoms with van der Waals surface area (Å²) in [7, 11) is 4.81. The van der Waals surface area contributed by atoms with E-state index in [1.807, 2.05) is 6.07 Å². The van der Waals surface area contributed by atoms with Crippen LogP contribution in [-0.2, 0) is 8.26 Å². The van der Waals surface area contributed by atoms with Crippen LogP contribution in [0.2, 0.25) is 0 Å². The van der Waals surface area contributed by atoms with Crippen molar-refractivity contribution in [1.82, 2.24) is 0 Å². The molecule has 0 N–H and O–H groups in total. The van der Waals surface area contributed by atoms with Crippen LogP contribution in [0.3, 0.4) is 0 Å². The first kappa shape index (κ1) is 13.5. The Morgan fingerprint density at radius 1 is 0.938 bits per heavy atom. The summed E-state index contributed by atoms with van der Waals surface area (Å²) in [6, 6.07) is 12.6. The first-order chi connectivity index (χ1) is 7.47. The van der Waals surface area contributed by atoms with E-state index in [0.29, 0.717) is 0 Å². The zero-order valence-electron chi connectivity index (χ0n) is 8.01. The predicted octanol–water partition coefficient (Wildman–Crippen LogP) is 4.12. The number of rotatable bonds is 1. The smallest absolute Gasteiger partial charge is 0.195 e. The maximum atomic E-state index is 9.16. The second-order valence-corrected chi connectivity index (χ2v) is 7.20. The lowest BCUT2D eigenvalue weighted by atomic mass is 10.1. The summed E-state index contributed by atoms with van der Waals surface area (Å²) >= 11 is 1.73. The molecule has 0 fully saturated rings. The zero-order chi connectivity index (χ0) is 12.0. The summed E-state index contributed by atoms with van der Waals surface area (Å²) in [5.74, 6) is 0. The first-order valence-electron chi connectivity index (χ1n) is 4.18. The van der Waals surface area contributed by atoms with Gasteiger partial charge in [0.05, 0.1) is 0 Å². The van der Waals surface area contributed by atoms with Crippen LogP contribution < -0.4 is 0 Å². The van der Waals surface area contributed by atoms with E-state index in [9.17, 15) is 0 Å². The normalized spacial score (nSPS) is 10.4. The van der Waals surface area contributed by atoms with Crippen LogP contribution in [0.15, 0.2) is 47.2 Å². The molecule has 1 aromatic heterocycles. The molecule has 0 atom stereocenters. The fraction of sp³-hybridized carbons (Fsp3) is 0. The van der Waals surface area contributed by atoms with E-state index in [1.54, 1.807) is 11.3 Å². The molecule has 0 radical (unpaired) electrons. The van der Waals surface area contributed by atoms with Crippen molar-refractivity contribution >= 4 is 41.0 Å². The van der Waals surface area contributed by atoms with E-state index in [2.05, 4.69) is 62.5 Å². The largest absolute Gasteiger partial charge is 0.317 e. The third-order valence-corrected chi connectivity index (χ3v) is 2.31. The van der Waals surface area contributed by atoms with Gasteiger partial charge in [-0.25, -0.2) is 0 Å². The highest BCUT2D eigenvalue weighted by Gasteiger charge is 1.93. The Morgan fingerprint density at radius 3 is 1.94 bits per heavy atom. The maximum Gasteiger partial charge on any atom is 0.317 e. The molecule has 0 aliphatic heterocycles. The van der Waals surface area contributed by atoms with Crippen molar-refractivity contribution in [1.29, 1.82) is 0 Å². The molecule has 16 heavy (non-hydrogen) atoms. The lowest BCUT2D eigenvalue weighted by Crippen LogP contribution is -1.68. The summed E-state index contributed by atoms with van der Waals surface area (Å²) in [5.41, 5.74) is 2.62. The maximum absolute atomic E-state index is 9.16. The summed E-state index contributed by atoms with van der Waals surface area (Å²) < 4.78 is 18.3. The van der Waals surface area contributed by atoms with Crippen LogP contribution in [0.5, 0.6) is 0 Å². The van der Waals surface area contributed by atoms with Gasteiger partial charge in [0.2, 0.25) is 0 Å². The third kappa shape index (κ3) is 6.12. The van der Waals surface area contributed by atoms with E-state index >= 15 is 0 Å². The van der Waals surface area contributed by atoms with E-state index in [1.165, 1.54) is 11.1 Å². The molecule has 2 rings (SSSR count). The van der Waals surface area contributed by atoms with Gasteiger partial charge in [-0.05, 0) is 28.0 Å². The van der Waals surface area contributed by atoms with Crippen molar-refractivity contribution in [3.05, 3.63) is 47.2 Å². The average molecular weight is 295 g/mol. The van der Waals surface area contributed by atoms with Gasteiger partial charge in [0.1, 0.15) is 0 Å². The van der Waals surface area contributed by atoms with E-state index in [4.69, 9.17) is 8.42 Å². The number of benzene rings is 1. The first-order valence-corrected chi connectivity index (χ1v) is 8.26. The molecule has 0 saturated carbocycles. The highest BCUT2D eigenvalue weighted by molar-refractivity contribution is 8.31. The minimum absolute atomic E-state index is 1.30. The highest BCUT2D eigenvalue weighted by atomic mass is 36.0. The van der Waals surface area contributed by atoms with Gasteiger partial charge in [0.15, 0.2) is 0 Å². The summed E-state index contributed by atoms with van der Waals surface area (Å²) in [4.78, 5) is 0. The molecular formula is C10H8Cl2O2S2. The van der Waals surface area contributed by atoms with Gasteiger partial charge in [-0.15, -0.1) is 0 Å². The Hall–Kier alpha value is -0.550. The van der Waals surface area contributed by atoms with Gasteiger partial charge >= 0.3 is 8.26 Å². The van der Waals surface area contributed by atoms with Gasteiger partial charge < -0.3 is 0 Å².